The zero-order valence-electron chi connectivity index (χ0n) is 10.8. The summed E-state index contributed by atoms with van der Waals surface area (Å²) in [6.45, 7) is 0.167. The lowest BCUT2D eigenvalue weighted by atomic mass is 10.2. The average molecular weight is 289 g/mol. The fraction of sp³-hybridized carbons (Fsp3) is 0.0667. The van der Waals surface area contributed by atoms with E-state index in [0.29, 0.717) is 11.1 Å². The van der Waals surface area contributed by atoms with Gasteiger partial charge in [-0.15, -0.1) is 0 Å². The van der Waals surface area contributed by atoms with Crippen LogP contribution in [0.4, 0.5) is 18.9 Å². The van der Waals surface area contributed by atoms with Gasteiger partial charge in [-0.25, -0.2) is 13.2 Å². The van der Waals surface area contributed by atoms with E-state index in [9.17, 15) is 13.2 Å². The Hall–Kier alpha value is -2.63. The van der Waals surface area contributed by atoms with E-state index >= 15 is 0 Å². The molecule has 0 saturated carbocycles. The molecule has 0 aliphatic carbocycles. The maximum absolute atomic E-state index is 13.1. The van der Waals surface area contributed by atoms with E-state index in [0.717, 1.165) is 23.3 Å². The van der Waals surface area contributed by atoms with Crippen molar-refractivity contribution >= 4 is 16.7 Å². The summed E-state index contributed by atoms with van der Waals surface area (Å²) in [6.07, 6.45) is 3.18. The molecule has 0 fully saturated rings. The molecule has 1 N–H and O–H groups in total. The molecule has 0 amide bonds. The van der Waals surface area contributed by atoms with Crippen molar-refractivity contribution in [3.8, 4) is 0 Å². The second-order valence-corrected chi connectivity index (χ2v) is 4.49. The van der Waals surface area contributed by atoms with Gasteiger partial charge in [-0.2, -0.15) is 0 Å². The molecular weight excluding hydrogens is 279 g/mol. The van der Waals surface area contributed by atoms with Crippen molar-refractivity contribution in [1.82, 2.24) is 9.97 Å². The Kier molecular flexibility index (Phi) is 3.43. The first-order valence-electron chi connectivity index (χ1n) is 6.21. The van der Waals surface area contributed by atoms with Gasteiger partial charge in [0.2, 0.25) is 0 Å². The van der Waals surface area contributed by atoms with Crippen molar-refractivity contribution in [3.63, 3.8) is 0 Å². The topological polar surface area (TPSA) is 37.8 Å². The van der Waals surface area contributed by atoms with Crippen LogP contribution in [0.2, 0.25) is 0 Å². The minimum atomic E-state index is -1.46. The third-order valence-electron chi connectivity index (χ3n) is 3.01. The van der Waals surface area contributed by atoms with Gasteiger partial charge in [0, 0.05) is 24.6 Å². The molecule has 1 heterocycles. The lowest BCUT2D eigenvalue weighted by molar-refractivity contribution is 0.445. The summed E-state index contributed by atoms with van der Waals surface area (Å²) < 4.78 is 39.1. The van der Waals surface area contributed by atoms with Crippen LogP contribution >= 0.6 is 0 Å². The monoisotopic (exact) mass is 289 g/mol. The second-order valence-electron chi connectivity index (χ2n) is 4.49. The molecule has 6 heteroatoms. The van der Waals surface area contributed by atoms with Gasteiger partial charge < -0.3 is 5.32 Å². The quantitative estimate of drug-likeness (QED) is 0.748. The Morgan fingerprint density at radius 1 is 0.857 bits per heavy atom. The van der Waals surface area contributed by atoms with Crippen LogP contribution in [-0.2, 0) is 6.54 Å². The van der Waals surface area contributed by atoms with Crippen molar-refractivity contribution in [1.29, 1.82) is 0 Å². The van der Waals surface area contributed by atoms with Crippen molar-refractivity contribution in [2.45, 2.75) is 6.54 Å². The van der Waals surface area contributed by atoms with Gasteiger partial charge in [-0.3, -0.25) is 9.97 Å². The molecule has 106 valence electrons. The molecule has 3 aromatic rings. The molecular formula is C15H10F3N3. The zero-order chi connectivity index (χ0) is 14.8. The maximum Gasteiger partial charge on any atom is 0.194 e. The van der Waals surface area contributed by atoms with Gasteiger partial charge in [0.15, 0.2) is 17.5 Å². The van der Waals surface area contributed by atoms with Gasteiger partial charge >= 0.3 is 0 Å². The fourth-order valence-electron chi connectivity index (χ4n) is 1.99. The molecule has 1 aromatic heterocycles. The van der Waals surface area contributed by atoms with Crippen molar-refractivity contribution in [3.05, 3.63) is 65.7 Å². The molecule has 0 atom stereocenters. The van der Waals surface area contributed by atoms with Crippen LogP contribution in [0.3, 0.4) is 0 Å². The van der Waals surface area contributed by atoms with Crippen LogP contribution in [0.25, 0.3) is 11.0 Å². The molecule has 0 aliphatic rings. The second kappa shape index (κ2) is 5.40. The van der Waals surface area contributed by atoms with Gasteiger partial charge in [0.1, 0.15) is 0 Å². The lowest BCUT2D eigenvalue weighted by Crippen LogP contribution is -2.02. The highest BCUT2D eigenvalue weighted by Gasteiger charge is 2.10. The van der Waals surface area contributed by atoms with Crippen LogP contribution in [0, 0.1) is 17.5 Å². The Balaban J connectivity index is 1.80. The average Bonchev–Trinajstić information content (AvgIpc) is 2.50. The summed E-state index contributed by atoms with van der Waals surface area (Å²) in [6, 6.07) is 7.28. The smallest absolute Gasteiger partial charge is 0.194 e. The SMILES string of the molecule is Fc1cc(CNc2ccc3nccnc3c2)cc(F)c1F. The molecule has 3 nitrogen and oxygen atoms in total. The van der Waals surface area contributed by atoms with Crippen LogP contribution in [0.1, 0.15) is 5.56 Å². The number of halogens is 3. The zero-order valence-corrected chi connectivity index (χ0v) is 10.8. The fourth-order valence-corrected chi connectivity index (χ4v) is 1.99. The molecule has 21 heavy (non-hydrogen) atoms. The molecule has 3 rings (SSSR count). The minimum absolute atomic E-state index is 0.167. The van der Waals surface area contributed by atoms with Crippen LogP contribution in [0.15, 0.2) is 42.7 Å². The van der Waals surface area contributed by atoms with Crippen LogP contribution in [0.5, 0.6) is 0 Å². The van der Waals surface area contributed by atoms with E-state index in [2.05, 4.69) is 15.3 Å². The first-order chi connectivity index (χ1) is 10.1. The molecule has 0 saturated heterocycles. The highest BCUT2D eigenvalue weighted by molar-refractivity contribution is 5.78. The van der Waals surface area contributed by atoms with Crippen molar-refractivity contribution in [2.24, 2.45) is 0 Å². The number of hydrogen-bond donors (Lipinski definition) is 1. The third-order valence-corrected chi connectivity index (χ3v) is 3.01. The summed E-state index contributed by atoms with van der Waals surface area (Å²) in [5.41, 5.74) is 2.50. The standard InChI is InChI=1S/C15H10F3N3/c16-11-5-9(6-12(17)15(11)18)8-21-10-1-2-13-14(7-10)20-4-3-19-13/h1-7,21H,8H2. The molecule has 0 spiro atoms. The van der Waals surface area contributed by atoms with Gasteiger partial charge in [0.05, 0.1) is 11.0 Å². The summed E-state index contributed by atoms with van der Waals surface area (Å²) >= 11 is 0. The summed E-state index contributed by atoms with van der Waals surface area (Å²) in [4.78, 5) is 8.31. The number of anilines is 1. The van der Waals surface area contributed by atoms with Gasteiger partial charge in [-0.1, -0.05) is 0 Å². The molecule has 0 bridgehead atoms. The summed E-state index contributed by atoms with van der Waals surface area (Å²) in [7, 11) is 0. The number of rotatable bonds is 3. The molecule has 0 radical (unpaired) electrons. The highest BCUT2D eigenvalue weighted by Crippen LogP contribution is 2.18. The summed E-state index contributed by atoms with van der Waals surface area (Å²) in [5, 5.41) is 3.00. The summed E-state index contributed by atoms with van der Waals surface area (Å²) in [5.74, 6) is -3.85. The number of hydrogen-bond acceptors (Lipinski definition) is 3. The molecule has 0 unspecified atom stereocenters. The van der Waals surface area contributed by atoms with Gasteiger partial charge in [0.25, 0.3) is 0 Å². The Bertz CT molecular complexity index is 782. The number of benzene rings is 2. The van der Waals surface area contributed by atoms with E-state index in [4.69, 9.17) is 0 Å². The Morgan fingerprint density at radius 2 is 1.52 bits per heavy atom. The van der Waals surface area contributed by atoms with E-state index in [1.165, 1.54) is 0 Å². The van der Waals surface area contributed by atoms with E-state index < -0.39 is 17.5 Å². The van der Waals surface area contributed by atoms with Crippen molar-refractivity contribution in [2.75, 3.05) is 5.32 Å². The van der Waals surface area contributed by atoms with Crippen LogP contribution in [-0.4, -0.2) is 9.97 Å². The number of fused-ring (bicyclic) bond motifs is 1. The lowest BCUT2D eigenvalue weighted by Gasteiger charge is -2.08. The first-order valence-corrected chi connectivity index (χ1v) is 6.21. The molecule has 2 aromatic carbocycles. The largest absolute Gasteiger partial charge is 0.381 e. The van der Waals surface area contributed by atoms with Gasteiger partial charge in [-0.05, 0) is 35.9 Å². The Labute approximate surface area is 118 Å². The highest BCUT2D eigenvalue weighted by atomic mass is 19.2. The first kappa shape index (κ1) is 13.4. The van der Waals surface area contributed by atoms with Crippen molar-refractivity contribution < 1.29 is 13.2 Å². The maximum atomic E-state index is 13.1. The van der Waals surface area contributed by atoms with Crippen LogP contribution < -0.4 is 5.32 Å². The van der Waals surface area contributed by atoms with E-state index in [-0.39, 0.29) is 6.54 Å². The predicted octanol–water partition coefficient (Wildman–Crippen LogP) is 3.66. The number of nitrogens with one attached hydrogen (secondary N) is 1. The number of nitrogens with zero attached hydrogens (tertiary/aromatic N) is 2. The number of aromatic nitrogens is 2. The Morgan fingerprint density at radius 3 is 2.24 bits per heavy atom. The van der Waals surface area contributed by atoms with E-state index in [1.54, 1.807) is 30.6 Å². The third kappa shape index (κ3) is 2.79. The molecule has 0 aliphatic heterocycles. The normalized spacial score (nSPS) is 10.8. The van der Waals surface area contributed by atoms with E-state index in [1.807, 2.05) is 0 Å². The predicted molar refractivity (Wildman–Crippen MR) is 73.2 cm³/mol. The minimum Gasteiger partial charge on any atom is -0.381 e.